The molecule has 2 aromatic carbocycles. The zero-order valence-electron chi connectivity index (χ0n) is 13.7. The Balaban J connectivity index is 1.89. The van der Waals surface area contributed by atoms with Crippen molar-refractivity contribution in [1.29, 1.82) is 0 Å². The molecule has 2 aromatic rings. The van der Waals surface area contributed by atoms with Gasteiger partial charge in [0, 0.05) is 12.1 Å². The summed E-state index contributed by atoms with van der Waals surface area (Å²) in [7, 11) is -4.71. The molecule has 0 heterocycles. The van der Waals surface area contributed by atoms with Crippen molar-refractivity contribution < 1.29 is 35.5 Å². The molecule has 0 atom stereocenters. The van der Waals surface area contributed by atoms with Crippen molar-refractivity contribution in [1.82, 2.24) is 5.32 Å². The van der Waals surface area contributed by atoms with Crippen LogP contribution < -0.4 is 10.1 Å². The average Bonchev–Trinajstić information content (AvgIpc) is 2.62. The average molecular weight is 405 g/mol. The summed E-state index contributed by atoms with van der Waals surface area (Å²) >= 11 is 0. The van der Waals surface area contributed by atoms with Crippen molar-refractivity contribution in [2.45, 2.75) is 23.7 Å². The first-order valence-corrected chi connectivity index (χ1v) is 9.19. The fourth-order valence-corrected chi connectivity index (χ4v) is 2.88. The Kier molecular flexibility index (Phi) is 6.78. The number of rotatable bonds is 8. The Labute approximate surface area is 152 Å². The first-order chi connectivity index (χ1) is 12.7. The minimum atomic E-state index is -4.71. The van der Waals surface area contributed by atoms with Crippen molar-refractivity contribution in [2.75, 3.05) is 6.54 Å². The number of carbonyl (C=O) groups is 1. The minimum Gasteiger partial charge on any atom is -0.435 e. The molecule has 0 saturated carbocycles. The lowest BCUT2D eigenvalue weighted by atomic mass is 10.1. The first kappa shape index (κ1) is 20.7. The van der Waals surface area contributed by atoms with Gasteiger partial charge in [0.15, 0.2) is 0 Å². The molecule has 10 heteroatoms. The van der Waals surface area contributed by atoms with Gasteiger partial charge in [0.1, 0.15) is 5.75 Å². The molecule has 146 valence electrons. The highest BCUT2D eigenvalue weighted by Crippen LogP contribution is 2.19. The quantitative estimate of drug-likeness (QED) is 0.685. The second kappa shape index (κ2) is 8.85. The number of amides is 1. The molecule has 0 saturated heterocycles. The van der Waals surface area contributed by atoms with E-state index >= 15 is 0 Å². The second-order valence-electron chi connectivity index (χ2n) is 5.36. The smallest absolute Gasteiger partial charge is 0.387 e. The van der Waals surface area contributed by atoms with Crippen LogP contribution in [0.25, 0.3) is 0 Å². The van der Waals surface area contributed by atoms with Gasteiger partial charge in [-0.1, -0.05) is 12.1 Å². The van der Waals surface area contributed by atoms with E-state index in [-0.39, 0.29) is 17.9 Å². The third-order valence-corrected chi connectivity index (χ3v) is 4.93. The summed E-state index contributed by atoms with van der Waals surface area (Å²) in [5.74, 6) is -4.01. The van der Waals surface area contributed by atoms with Crippen LogP contribution in [0.5, 0.6) is 5.75 Å². The van der Waals surface area contributed by atoms with E-state index in [1.807, 2.05) is 0 Å². The highest BCUT2D eigenvalue weighted by molar-refractivity contribution is 7.91. The van der Waals surface area contributed by atoms with Crippen LogP contribution in [0.3, 0.4) is 0 Å². The van der Waals surface area contributed by atoms with E-state index in [4.69, 9.17) is 0 Å². The predicted octanol–water partition coefficient (Wildman–Crippen LogP) is 3.26. The summed E-state index contributed by atoms with van der Waals surface area (Å²) in [6, 6.07) is 10.1. The molecule has 1 N–H and O–H groups in total. The van der Waals surface area contributed by atoms with Gasteiger partial charge in [-0.15, -0.1) is 0 Å². The lowest BCUT2D eigenvalue weighted by Gasteiger charge is -2.08. The van der Waals surface area contributed by atoms with Crippen LogP contribution in [0.1, 0.15) is 15.9 Å². The maximum atomic E-state index is 12.5. The van der Waals surface area contributed by atoms with E-state index in [0.29, 0.717) is 6.42 Å². The Morgan fingerprint density at radius 3 is 2.07 bits per heavy atom. The lowest BCUT2D eigenvalue weighted by Crippen LogP contribution is -2.25. The lowest BCUT2D eigenvalue weighted by molar-refractivity contribution is -0.0498. The molecule has 0 aliphatic rings. The van der Waals surface area contributed by atoms with Crippen molar-refractivity contribution >= 4 is 15.7 Å². The van der Waals surface area contributed by atoms with Crippen molar-refractivity contribution in [2.24, 2.45) is 0 Å². The minimum absolute atomic E-state index is 0.0247. The maximum Gasteiger partial charge on any atom is 0.387 e. The number of benzene rings is 2. The number of nitrogens with one attached hydrogen (secondary N) is 1. The number of carbonyl (C=O) groups excluding carboxylic acids is 1. The molecule has 0 aliphatic carbocycles. The standard InChI is InChI=1S/C17H15F4NO4S/c18-16(19)26-13-5-1-11(2-6-13)9-10-22-15(23)12-3-7-14(8-4-12)27(24,25)17(20)21/h1-8,16-17H,9-10H2,(H,22,23). The molecule has 0 spiro atoms. The van der Waals surface area contributed by atoms with Crippen molar-refractivity contribution in [3.05, 3.63) is 59.7 Å². The SMILES string of the molecule is O=C(NCCc1ccc(OC(F)F)cc1)c1ccc(S(=O)(=O)C(F)F)cc1. The molecule has 0 fully saturated rings. The molecular formula is C17H15F4NO4S. The second-order valence-corrected chi connectivity index (χ2v) is 7.28. The summed E-state index contributed by atoms with van der Waals surface area (Å²) in [4.78, 5) is 11.4. The van der Waals surface area contributed by atoms with E-state index in [2.05, 4.69) is 10.1 Å². The van der Waals surface area contributed by atoms with Gasteiger partial charge in [0.05, 0.1) is 4.90 Å². The molecule has 1 amide bonds. The molecule has 2 rings (SSSR count). The molecule has 0 unspecified atom stereocenters. The van der Waals surface area contributed by atoms with Crippen LogP contribution in [0.15, 0.2) is 53.4 Å². The molecular weight excluding hydrogens is 390 g/mol. The number of alkyl halides is 4. The van der Waals surface area contributed by atoms with Crippen LogP contribution in [0, 0.1) is 0 Å². The van der Waals surface area contributed by atoms with Gasteiger partial charge < -0.3 is 10.1 Å². The van der Waals surface area contributed by atoms with E-state index in [1.54, 1.807) is 12.1 Å². The van der Waals surface area contributed by atoms with Crippen LogP contribution in [-0.4, -0.2) is 33.2 Å². The normalized spacial score (nSPS) is 11.6. The van der Waals surface area contributed by atoms with E-state index in [1.165, 1.54) is 12.1 Å². The van der Waals surface area contributed by atoms with Gasteiger partial charge in [-0.2, -0.15) is 17.6 Å². The van der Waals surface area contributed by atoms with Gasteiger partial charge in [-0.05, 0) is 48.4 Å². The monoisotopic (exact) mass is 405 g/mol. The van der Waals surface area contributed by atoms with Crippen LogP contribution >= 0.6 is 0 Å². The molecule has 5 nitrogen and oxygen atoms in total. The Morgan fingerprint density at radius 2 is 1.56 bits per heavy atom. The highest BCUT2D eigenvalue weighted by Gasteiger charge is 2.26. The van der Waals surface area contributed by atoms with Gasteiger partial charge in [-0.25, -0.2) is 8.42 Å². The summed E-state index contributed by atoms with van der Waals surface area (Å²) in [6.07, 6.45) is 0.415. The first-order valence-electron chi connectivity index (χ1n) is 7.64. The summed E-state index contributed by atoms with van der Waals surface area (Å²) in [6.45, 7) is -2.68. The highest BCUT2D eigenvalue weighted by atomic mass is 32.2. The molecule has 0 bridgehead atoms. The van der Waals surface area contributed by atoms with Crippen LogP contribution in [0.2, 0.25) is 0 Å². The number of hydrogen-bond acceptors (Lipinski definition) is 4. The fraction of sp³-hybridized carbons (Fsp3) is 0.235. The van der Waals surface area contributed by atoms with Crippen molar-refractivity contribution in [3.63, 3.8) is 0 Å². The predicted molar refractivity (Wildman–Crippen MR) is 88.7 cm³/mol. The van der Waals surface area contributed by atoms with E-state index in [0.717, 1.165) is 29.8 Å². The van der Waals surface area contributed by atoms with Crippen molar-refractivity contribution in [3.8, 4) is 5.75 Å². The van der Waals surface area contributed by atoms with Gasteiger partial charge in [0.25, 0.3) is 5.91 Å². The maximum absolute atomic E-state index is 12.5. The number of sulfone groups is 1. The third-order valence-electron chi connectivity index (χ3n) is 3.53. The van der Waals surface area contributed by atoms with Gasteiger partial charge >= 0.3 is 12.4 Å². The zero-order valence-corrected chi connectivity index (χ0v) is 14.6. The number of halogens is 4. The number of ether oxygens (including phenoxy) is 1. The largest absolute Gasteiger partial charge is 0.435 e. The summed E-state index contributed by atoms with van der Waals surface area (Å²) in [5, 5.41) is 2.59. The molecule has 0 radical (unpaired) electrons. The Morgan fingerprint density at radius 1 is 0.963 bits per heavy atom. The Hall–Kier alpha value is -2.62. The molecule has 0 aliphatic heterocycles. The number of hydrogen-bond donors (Lipinski definition) is 1. The van der Waals surface area contributed by atoms with E-state index in [9.17, 15) is 30.8 Å². The van der Waals surface area contributed by atoms with E-state index < -0.39 is 33.0 Å². The van der Waals surface area contributed by atoms with Gasteiger partial charge in [0.2, 0.25) is 9.84 Å². The third kappa shape index (κ3) is 5.68. The summed E-state index contributed by atoms with van der Waals surface area (Å²) < 4.78 is 75.9. The zero-order chi connectivity index (χ0) is 20.0. The van der Waals surface area contributed by atoms with Gasteiger partial charge in [-0.3, -0.25) is 4.79 Å². The molecule has 27 heavy (non-hydrogen) atoms. The summed E-state index contributed by atoms with van der Waals surface area (Å²) in [5.41, 5.74) is 0.888. The molecule has 0 aromatic heterocycles. The fourth-order valence-electron chi connectivity index (χ4n) is 2.16. The Bertz CT molecular complexity index is 869. The van der Waals surface area contributed by atoms with Crippen LogP contribution in [-0.2, 0) is 16.3 Å². The van der Waals surface area contributed by atoms with Crippen LogP contribution in [0.4, 0.5) is 17.6 Å². The topological polar surface area (TPSA) is 72.5 Å².